The van der Waals surface area contributed by atoms with E-state index in [0.29, 0.717) is 0 Å². The van der Waals surface area contributed by atoms with E-state index in [1.807, 2.05) is 0 Å². The van der Waals surface area contributed by atoms with Gasteiger partial charge in [-0.1, -0.05) is 33.6 Å². The van der Waals surface area contributed by atoms with Gasteiger partial charge in [-0.3, -0.25) is 0 Å². The van der Waals surface area contributed by atoms with Crippen LogP contribution in [0.4, 0.5) is 0 Å². The van der Waals surface area contributed by atoms with E-state index in [0.717, 1.165) is 13.2 Å². The third-order valence-corrected chi connectivity index (χ3v) is 3.64. The number of benzene rings is 1. The van der Waals surface area contributed by atoms with Crippen LogP contribution in [0.15, 0.2) is 12.1 Å². The molecule has 1 saturated heterocycles. The summed E-state index contributed by atoms with van der Waals surface area (Å²) >= 11 is 3.78. The van der Waals surface area contributed by atoms with Crippen molar-refractivity contribution in [2.24, 2.45) is 0 Å². The minimum atomic E-state index is 0.0782. The van der Waals surface area contributed by atoms with Gasteiger partial charge in [-0.25, -0.2) is 0 Å². The molecule has 1 aromatic carbocycles. The van der Waals surface area contributed by atoms with Crippen molar-refractivity contribution >= 4 is 15.9 Å². The summed E-state index contributed by atoms with van der Waals surface area (Å²) in [5.41, 5.74) is 5.47. The molecule has 2 rings (SSSR count). The van der Waals surface area contributed by atoms with Crippen LogP contribution in [-0.2, 0) is 9.06 Å². The number of hydrogen-bond donors (Lipinski definition) is 0. The molecule has 1 aromatic rings. The number of rotatable bonds is 1. The summed E-state index contributed by atoms with van der Waals surface area (Å²) in [6.45, 7) is 8.07. The fraction of sp³-hybridized carbons (Fsp3) is 0.500. The van der Waals surface area contributed by atoms with E-state index in [1.54, 1.807) is 0 Å². The highest BCUT2D eigenvalue weighted by Gasteiger charge is 2.39. The molecule has 0 unspecified atom stereocenters. The Kier molecular flexibility index (Phi) is 2.44. The van der Waals surface area contributed by atoms with Gasteiger partial charge in [0.25, 0.3) is 0 Å². The lowest BCUT2D eigenvalue weighted by Crippen LogP contribution is -2.42. The van der Waals surface area contributed by atoms with Gasteiger partial charge in [0.1, 0.15) is 0 Å². The maximum Gasteiger partial charge on any atom is 0.0976 e. The predicted molar refractivity (Wildman–Crippen MR) is 62.1 cm³/mol. The highest BCUT2D eigenvalue weighted by Crippen LogP contribution is 2.42. The van der Waals surface area contributed by atoms with Gasteiger partial charge in [-0.05, 0) is 37.5 Å². The molecule has 1 heterocycles. The van der Waals surface area contributed by atoms with Crippen molar-refractivity contribution in [3.8, 4) is 0 Å². The van der Waals surface area contributed by atoms with Gasteiger partial charge in [0.2, 0.25) is 0 Å². The molecule has 0 aromatic heterocycles. The molecule has 0 radical (unpaired) electrons. The largest absolute Gasteiger partial charge is 0.378 e. The molecule has 2 heteroatoms. The van der Waals surface area contributed by atoms with Crippen molar-refractivity contribution in [2.75, 3.05) is 13.2 Å². The Morgan fingerprint density at radius 2 is 1.64 bits per heavy atom. The average molecular weight is 255 g/mol. The van der Waals surface area contributed by atoms with Crippen LogP contribution >= 0.6 is 15.9 Å². The Labute approximate surface area is 93.6 Å². The van der Waals surface area contributed by atoms with Crippen LogP contribution in [0.3, 0.4) is 0 Å². The van der Waals surface area contributed by atoms with Crippen molar-refractivity contribution in [3.63, 3.8) is 0 Å². The van der Waals surface area contributed by atoms with E-state index >= 15 is 0 Å². The van der Waals surface area contributed by atoms with E-state index in [4.69, 9.17) is 4.74 Å². The first-order valence-electron chi connectivity index (χ1n) is 4.88. The van der Waals surface area contributed by atoms with Crippen LogP contribution in [0.1, 0.15) is 22.3 Å². The van der Waals surface area contributed by atoms with Gasteiger partial charge >= 0.3 is 0 Å². The summed E-state index contributed by atoms with van der Waals surface area (Å²) in [6.07, 6.45) is 0. The average Bonchev–Trinajstić information content (AvgIpc) is 1.99. The van der Waals surface area contributed by atoms with Gasteiger partial charge in [-0.2, -0.15) is 0 Å². The molecule has 0 amide bonds. The van der Waals surface area contributed by atoms with E-state index < -0.39 is 0 Å². The van der Waals surface area contributed by atoms with Crippen molar-refractivity contribution in [1.82, 2.24) is 0 Å². The minimum Gasteiger partial charge on any atom is -0.378 e. The molecule has 0 atom stereocenters. The summed E-state index contributed by atoms with van der Waals surface area (Å²) in [4.78, 5) is 0. The third kappa shape index (κ3) is 1.51. The molecule has 1 fully saturated rings. The smallest absolute Gasteiger partial charge is 0.0976 e. The van der Waals surface area contributed by atoms with Gasteiger partial charge in [0.15, 0.2) is 0 Å². The van der Waals surface area contributed by atoms with E-state index in [2.05, 4.69) is 48.8 Å². The fourth-order valence-corrected chi connectivity index (χ4v) is 3.26. The van der Waals surface area contributed by atoms with Gasteiger partial charge < -0.3 is 4.74 Å². The van der Waals surface area contributed by atoms with Gasteiger partial charge in [0, 0.05) is 0 Å². The first kappa shape index (κ1) is 10.2. The lowest BCUT2D eigenvalue weighted by atomic mass is 9.88. The molecule has 1 aliphatic heterocycles. The summed E-state index contributed by atoms with van der Waals surface area (Å²) < 4.78 is 5.36. The highest BCUT2D eigenvalue weighted by molar-refractivity contribution is 9.09. The van der Waals surface area contributed by atoms with E-state index in [9.17, 15) is 0 Å². The lowest BCUT2D eigenvalue weighted by Gasteiger charge is -2.38. The van der Waals surface area contributed by atoms with E-state index in [1.165, 1.54) is 22.3 Å². The number of hydrogen-bond acceptors (Lipinski definition) is 1. The first-order chi connectivity index (χ1) is 6.53. The molecule has 0 bridgehead atoms. The van der Waals surface area contributed by atoms with Crippen molar-refractivity contribution in [1.29, 1.82) is 0 Å². The number of ether oxygens (including phenoxy) is 1. The lowest BCUT2D eigenvalue weighted by molar-refractivity contribution is -0.00751. The molecule has 0 N–H and O–H groups in total. The molecule has 0 aliphatic carbocycles. The molecule has 76 valence electrons. The van der Waals surface area contributed by atoms with Crippen LogP contribution < -0.4 is 0 Å². The Morgan fingerprint density at radius 3 is 2.00 bits per heavy atom. The Bertz CT molecular complexity index is 344. The number of halogens is 1. The zero-order valence-electron chi connectivity index (χ0n) is 8.86. The second kappa shape index (κ2) is 3.35. The number of aryl methyl sites for hydroxylation is 3. The summed E-state index contributed by atoms with van der Waals surface area (Å²) in [5.74, 6) is 0. The zero-order valence-corrected chi connectivity index (χ0v) is 10.4. The standard InChI is InChI=1S/C12H15BrO/c1-8-4-9(2)11(10(3)5-8)12(13)6-14-7-12/h4-5H,6-7H2,1-3H3. The van der Waals surface area contributed by atoms with E-state index in [-0.39, 0.29) is 4.32 Å². The summed E-state index contributed by atoms with van der Waals surface area (Å²) in [7, 11) is 0. The molecular weight excluding hydrogens is 240 g/mol. The van der Waals surface area contributed by atoms with Crippen molar-refractivity contribution in [3.05, 3.63) is 34.4 Å². The topological polar surface area (TPSA) is 9.23 Å². The second-order valence-corrected chi connectivity index (χ2v) is 5.75. The summed E-state index contributed by atoms with van der Waals surface area (Å²) in [6, 6.07) is 4.48. The van der Waals surface area contributed by atoms with Gasteiger partial charge in [0.05, 0.1) is 17.5 Å². The van der Waals surface area contributed by atoms with Crippen LogP contribution in [-0.4, -0.2) is 13.2 Å². The third-order valence-electron chi connectivity index (χ3n) is 2.79. The quantitative estimate of drug-likeness (QED) is 0.700. The molecule has 0 saturated carbocycles. The Morgan fingerprint density at radius 1 is 1.14 bits per heavy atom. The zero-order chi connectivity index (χ0) is 10.3. The van der Waals surface area contributed by atoms with Crippen LogP contribution in [0.2, 0.25) is 0 Å². The van der Waals surface area contributed by atoms with Crippen molar-refractivity contribution < 1.29 is 4.74 Å². The Balaban J connectivity index is 2.52. The van der Waals surface area contributed by atoms with Crippen LogP contribution in [0.25, 0.3) is 0 Å². The first-order valence-corrected chi connectivity index (χ1v) is 5.67. The maximum absolute atomic E-state index is 5.29. The monoisotopic (exact) mass is 254 g/mol. The SMILES string of the molecule is Cc1cc(C)c(C2(Br)COC2)c(C)c1. The highest BCUT2D eigenvalue weighted by atomic mass is 79.9. The molecule has 1 aliphatic rings. The number of alkyl halides is 1. The predicted octanol–water partition coefficient (Wildman–Crippen LogP) is 3.23. The normalized spacial score (nSPS) is 19.1. The molecular formula is C12H15BrO. The Hall–Kier alpha value is -0.340. The molecule has 1 nitrogen and oxygen atoms in total. The summed E-state index contributed by atoms with van der Waals surface area (Å²) in [5, 5.41) is 0. The minimum absolute atomic E-state index is 0.0782. The van der Waals surface area contributed by atoms with Crippen LogP contribution in [0.5, 0.6) is 0 Å². The molecule has 14 heavy (non-hydrogen) atoms. The molecule has 0 spiro atoms. The second-order valence-electron chi connectivity index (χ2n) is 4.23. The van der Waals surface area contributed by atoms with Gasteiger partial charge in [-0.15, -0.1) is 0 Å². The van der Waals surface area contributed by atoms with Crippen LogP contribution in [0, 0.1) is 20.8 Å². The maximum atomic E-state index is 5.29. The van der Waals surface area contributed by atoms with Crippen molar-refractivity contribution in [2.45, 2.75) is 25.1 Å². The fourth-order valence-electron chi connectivity index (χ4n) is 2.31.